The molecule has 3 aromatic carbocycles. The lowest BCUT2D eigenvalue weighted by atomic mass is 9.90. The summed E-state index contributed by atoms with van der Waals surface area (Å²) in [5.41, 5.74) is 9.61. The summed E-state index contributed by atoms with van der Waals surface area (Å²) in [7, 11) is 0. The van der Waals surface area contributed by atoms with Crippen molar-refractivity contribution in [3.8, 4) is 22.4 Å². The standard InChI is InChI=1S/C30H25N3/c1-30(2,3)25-19-18-22-27(32-25)26(20-12-6-4-7-13-20)28(21-14-8-5-9-15-21)33-24-17-11-10-16-23(24)31-29(22)33/h4-19H,1-3H3. The van der Waals surface area contributed by atoms with Crippen LogP contribution in [-0.4, -0.2) is 14.4 Å². The highest BCUT2D eigenvalue weighted by Gasteiger charge is 2.23. The van der Waals surface area contributed by atoms with E-state index in [0.717, 1.165) is 55.7 Å². The maximum Gasteiger partial charge on any atom is 0.147 e. The predicted octanol–water partition coefficient (Wildman–Crippen LogP) is 7.67. The number of hydrogen-bond donors (Lipinski definition) is 0. The zero-order chi connectivity index (χ0) is 22.6. The molecule has 3 nitrogen and oxygen atoms in total. The first kappa shape index (κ1) is 19.7. The maximum atomic E-state index is 5.28. The average Bonchev–Trinajstić information content (AvgIpc) is 3.23. The first-order valence-corrected chi connectivity index (χ1v) is 11.4. The number of rotatable bonds is 2. The van der Waals surface area contributed by atoms with Gasteiger partial charge in [-0.1, -0.05) is 93.6 Å². The molecule has 160 valence electrons. The average molecular weight is 428 g/mol. The Bertz CT molecular complexity index is 1620. The number of hydrogen-bond acceptors (Lipinski definition) is 2. The van der Waals surface area contributed by atoms with Crippen LogP contribution in [0.25, 0.3) is 50.0 Å². The molecule has 0 fully saturated rings. The second kappa shape index (κ2) is 7.28. The quantitative estimate of drug-likeness (QED) is 0.284. The lowest BCUT2D eigenvalue weighted by Crippen LogP contribution is -2.13. The van der Waals surface area contributed by atoms with Crippen molar-refractivity contribution < 1.29 is 0 Å². The van der Waals surface area contributed by atoms with Gasteiger partial charge in [-0.05, 0) is 35.4 Å². The van der Waals surface area contributed by atoms with Gasteiger partial charge in [-0.15, -0.1) is 0 Å². The van der Waals surface area contributed by atoms with E-state index >= 15 is 0 Å². The number of benzene rings is 3. The van der Waals surface area contributed by atoms with Crippen LogP contribution in [0.2, 0.25) is 0 Å². The molecule has 0 amide bonds. The summed E-state index contributed by atoms with van der Waals surface area (Å²) in [5, 5.41) is 1.07. The molecule has 3 heterocycles. The molecule has 0 aliphatic carbocycles. The third-order valence-electron chi connectivity index (χ3n) is 6.27. The van der Waals surface area contributed by atoms with Crippen LogP contribution in [0.3, 0.4) is 0 Å². The number of aromatic nitrogens is 3. The zero-order valence-electron chi connectivity index (χ0n) is 19.1. The summed E-state index contributed by atoms with van der Waals surface area (Å²) >= 11 is 0. The van der Waals surface area contributed by atoms with E-state index in [1.54, 1.807) is 0 Å². The minimum Gasteiger partial charge on any atom is -0.291 e. The van der Waals surface area contributed by atoms with Gasteiger partial charge in [-0.25, -0.2) is 4.98 Å². The fourth-order valence-corrected chi connectivity index (χ4v) is 4.65. The van der Waals surface area contributed by atoms with Gasteiger partial charge in [0, 0.05) is 22.1 Å². The molecule has 0 spiro atoms. The largest absolute Gasteiger partial charge is 0.291 e. The van der Waals surface area contributed by atoms with Crippen LogP contribution in [0.15, 0.2) is 97.1 Å². The van der Waals surface area contributed by atoms with Crippen LogP contribution in [0.4, 0.5) is 0 Å². The van der Waals surface area contributed by atoms with Gasteiger partial charge in [0.2, 0.25) is 0 Å². The Morgan fingerprint density at radius 2 is 1.27 bits per heavy atom. The number of imidazole rings is 1. The summed E-state index contributed by atoms with van der Waals surface area (Å²) in [6, 6.07) is 33.9. The van der Waals surface area contributed by atoms with Crippen molar-refractivity contribution in [2.45, 2.75) is 26.2 Å². The second-order valence-electron chi connectivity index (χ2n) is 9.56. The van der Waals surface area contributed by atoms with Gasteiger partial charge in [0.05, 0.1) is 22.2 Å². The molecule has 3 aromatic heterocycles. The Labute approximate surface area is 193 Å². The lowest BCUT2D eigenvalue weighted by molar-refractivity contribution is 0.571. The second-order valence-corrected chi connectivity index (χ2v) is 9.56. The number of pyridine rings is 2. The molecular formula is C30H25N3. The van der Waals surface area contributed by atoms with Crippen molar-refractivity contribution in [3.05, 3.63) is 103 Å². The van der Waals surface area contributed by atoms with Crippen molar-refractivity contribution in [2.24, 2.45) is 0 Å². The van der Waals surface area contributed by atoms with E-state index < -0.39 is 0 Å². The highest BCUT2D eigenvalue weighted by Crippen LogP contribution is 2.41. The van der Waals surface area contributed by atoms with Crippen molar-refractivity contribution in [2.75, 3.05) is 0 Å². The predicted molar refractivity (Wildman–Crippen MR) is 138 cm³/mol. The lowest BCUT2D eigenvalue weighted by Gasteiger charge is -2.21. The van der Waals surface area contributed by atoms with Gasteiger partial charge in [0.1, 0.15) is 5.65 Å². The summed E-state index contributed by atoms with van der Waals surface area (Å²) in [4.78, 5) is 10.4. The molecule has 0 aliphatic heterocycles. The normalized spacial score (nSPS) is 12.1. The molecule has 0 aliphatic rings. The highest BCUT2D eigenvalue weighted by atomic mass is 15.0. The van der Waals surface area contributed by atoms with Crippen molar-refractivity contribution in [1.29, 1.82) is 0 Å². The Morgan fingerprint density at radius 3 is 1.97 bits per heavy atom. The fraction of sp³-hybridized carbons (Fsp3) is 0.133. The van der Waals surface area contributed by atoms with Gasteiger partial charge in [0.15, 0.2) is 0 Å². The first-order chi connectivity index (χ1) is 16.0. The van der Waals surface area contributed by atoms with Crippen LogP contribution in [0, 0.1) is 0 Å². The molecule has 6 rings (SSSR count). The maximum absolute atomic E-state index is 5.28. The monoisotopic (exact) mass is 427 g/mol. The molecule has 0 N–H and O–H groups in total. The molecule has 33 heavy (non-hydrogen) atoms. The van der Waals surface area contributed by atoms with E-state index in [-0.39, 0.29) is 5.41 Å². The fourth-order valence-electron chi connectivity index (χ4n) is 4.65. The molecule has 3 heteroatoms. The van der Waals surface area contributed by atoms with Crippen LogP contribution in [0.1, 0.15) is 26.5 Å². The Kier molecular flexibility index (Phi) is 4.34. The van der Waals surface area contributed by atoms with E-state index in [1.807, 2.05) is 6.07 Å². The molecule has 0 saturated carbocycles. The minimum atomic E-state index is -0.0542. The van der Waals surface area contributed by atoms with Gasteiger partial charge >= 0.3 is 0 Å². The van der Waals surface area contributed by atoms with Gasteiger partial charge < -0.3 is 0 Å². The molecule has 0 unspecified atom stereocenters. The molecule has 0 atom stereocenters. The van der Waals surface area contributed by atoms with Crippen molar-refractivity contribution in [1.82, 2.24) is 14.4 Å². The molecule has 6 aromatic rings. The van der Waals surface area contributed by atoms with E-state index in [9.17, 15) is 0 Å². The minimum absolute atomic E-state index is 0.0542. The van der Waals surface area contributed by atoms with Gasteiger partial charge in [-0.2, -0.15) is 0 Å². The van der Waals surface area contributed by atoms with Gasteiger partial charge in [0.25, 0.3) is 0 Å². The van der Waals surface area contributed by atoms with Crippen molar-refractivity contribution in [3.63, 3.8) is 0 Å². The Balaban J connectivity index is 1.92. The Hall–Kier alpha value is -3.98. The van der Waals surface area contributed by atoms with Crippen LogP contribution >= 0.6 is 0 Å². The zero-order valence-corrected chi connectivity index (χ0v) is 19.1. The third-order valence-corrected chi connectivity index (χ3v) is 6.27. The molecule has 0 saturated heterocycles. The number of para-hydroxylation sites is 2. The Morgan fingerprint density at radius 1 is 0.636 bits per heavy atom. The van der Waals surface area contributed by atoms with E-state index in [1.165, 1.54) is 0 Å². The van der Waals surface area contributed by atoms with Crippen molar-refractivity contribution >= 4 is 27.6 Å². The van der Waals surface area contributed by atoms with E-state index in [2.05, 4.69) is 116 Å². The number of fused-ring (bicyclic) bond motifs is 5. The van der Waals surface area contributed by atoms with E-state index in [0.29, 0.717) is 0 Å². The van der Waals surface area contributed by atoms with Gasteiger partial charge in [-0.3, -0.25) is 9.38 Å². The summed E-state index contributed by atoms with van der Waals surface area (Å²) in [5.74, 6) is 0. The summed E-state index contributed by atoms with van der Waals surface area (Å²) in [6.45, 7) is 6.64. The highest BCUT2D eigenvalue weighted by molar-refractivity contribution is 6.09. The van der Waals surface area contributed by atoms with Crippen LogP contribution in [0.5, 0.6) is 0 Å². The summed E-state index contributed by atoms with van der Waals surface area (Å²) < 4.78 is 2.31. The topological polar surface area (TPSA) is 30.2 Å². The smallest absolute Gasteiger partial charge is 0.147 e. The number of nitrogens with zero attached hydrogens (tertiary/aromatic N) is 3. The van der Waals surface area contributed by atoms with Crippen LogP contribution < -0.4 is 0 Å². The third kappa shape index (κ3) is 3.12. The first-order valence-electron chi connectivity index (χ1n) is 11.4. The van der Waals surface area contributed by atoms with Crippen LogP contribution in [-0.2, 0) is 5.41 Å². The molecule has 0 radical (unpaired) electrons. The molecule has 0 bridgehead atoms. The molecular weight excluding hydrogens is 402 g/mol. The SMILES string of the molecule is CC(C)(C)c1ccc2c(n1)c(-c1ccccc1)c(-c1ccccc1)n1c3ccccc3nc21. The van der Waals surface area contributed by atoms with E-state index in [4.69, 9.17) is 9.97 Å². The summed E-state index contributed by atoms with van der Waals surface area (Å²) in [6.07, 6.45) is 0.